The Labute approximate surface area is 79.8 Å². The minimum atomic E-state index is 1.20. The van der Waals surface area contributed by atoms with E-state index in [1.807, 2.05) is 11.1 Å². The van der Waals surface area contributed by atoms with Crippen molar-refractivity contribution in [2.24, 2.45) is 0 Å². The van der Waals surface area contributed by atoms with Gasteiger partial charge in [0.25, 0.3) is 0 Å². The van der Waals surface area contributed by atoms with E-state index in [0.717, 1.165) is 0 Å². The molecule has 2 aliphatic rings. The maximum Gasteiger partial charge on any atom is 0.0903 e. The number of nitrogens with zero attached hydrogens (tertiary/aromatic N) is 1. The average Bonchev–Trinajstić information content (AvgIpc) is 2.16. The largest absolute Gasteiger partial charge is 0.301 e. The molecule has 0 radical (unpaired) electrons. The molecule has 1 saturated carbocycles. The number of hydrogen-bond acceptors (Lipinski definition) is 0. The molecule has 0 N–H and O–H groups in total. The van der Waals surface area contributed by atoms with Crippen LogP contribution in [0.4, 0.5) is 0 Å². The number of allylic oxidation sites excluding steroid dienone is 4. The molecule has 1 aliphatic heterocycles. The van der Waals surface area contributed by atoms with Gasteiger partial charge in [-0.25, -0.2) is 0 Å². The zero-order chi connectivity index (χ0) is 9.26. The molecular formula is C12H15N. The third-order valence-electron chi connectivity index (χ3n) is 2.69. The molecular weight excluding hydrogens is 158 g/mol. The van der Waals surface area contributed by atoms with Gasteiger partial charge in [-0.15, -0.1) is 0 Å². The van der Waals surface area contributed by atoms with Crippen LogP contribution >= 0.6 is 0 Å². The van der Waals surface area contributed by atoms with Crippen LogP contribution < -0.4 is 0 Å². The van der Waals surface area contributed by atoms with Crippen LogP contribution in [0.15, 0.2) is 35.1 Å². The van der Waals surface area contributed by atoms with Gasteiger partial charge in [0.05, 0.1) is 19.5 Å². The summed E-state index contributed by atoms with van der Waals surface area (Å²) in [7, 11) is 0. The predicted octanol–water partition coefficient (Wildman–Crippen LogP) is 2.82. The first-order valence-corrected chi connectivity index (χ1v) is 4.82. The van der Waals surface area contributed by atoms with Gasteiger partial charge in [0.1, 0.15) is 0 Å². The molecule has 1 nitrogen and oxygen atoms in total. The Morgan fingerprint density at radius 2 is 2.38 bits per heavy atom. The Morgan fingerprint density at radius 3 is 3.15 bits per heavy atom. The van der Waals surface area contributed by atoms with Crippen molar-refractivity contribution in [2.75, 3.05) is 0 Å². The quantitative estimate of drug-likeness (QED) is 0.391. The van der Waals surface area contributed by atoms with Crippen LogP contribution in [0.3, 0.4) is 0 Å². The summed E-state index contributed by atoms with van der Waals surface area (Å²) < 4.78 is 1.89. The fourth-order valence-corrected chi connectivity index (χ4v) is 2.01. The van der Waals surface area contributed by atoms with Crippen LogP contribution in [0.5, 0.6) is 0 Å². The van der Waals surface area contributed by atoms with E-state index < -0.39 is 0 Å². The molecule has 0 bridgehead atoms. The van der Waals surface area contributed by atoms with E-state index in [-0.39, 0.29) is 0 Å². The molecule has 0 spiro atoms. The van der Waals surface area contributed by atoms with Crippen molar-refractivity contribution in [1.82, 2.24) is 0 Å². The van der Waals surface area contributed by atoms with E-state index in [1.54, 1.807) is 0 Å². The maximum absolute atomic E-state index is 3.88. The first kappa shape index (κ1) is 8.36. The van der Waals surface area contributed by atoms with Gasteiger partial charge in [-0.1, -0.05) is 28.9 Å². The Morgan fingerprint density at radius 1 is 1.54 bits per heavy atom. The van der Waals surface area contributed by atoms with Crippen LogP contribution in [-0.4, -0.2) is 11.3 Å². The summed E-state index contributed by atoms with van der Waals surface area (Å²) in [6, 6.07) is 0. The number of rotatable bonds is 0. The molecule has 0 amide bonds. The SMILES string of the molecule is C=[N+]1C=C2CCC/C(=C\C)C2=C[CH-]1. The highest BCUT2D eigenvalue weighted by molar-refractivity contribution is 5.50. The molecule has 0 aromatic carbocycles. The summed E-state index contributed by atoms with van der Waals surface area (Å²) in [5.74, 6) is 0. The van der Waals surface area contributed by atoms with Crippen LogP contribution in [0, 0.1) is 6.54 Å². The molecule has 1 fully saturated rings. The fourth-order valence-electron chi connectivity index (χ4n) is 2.01. The summed E-state index contributed by atoms with van der Waals surface area (Å²) in [6.07, 6.45) is 10.2. The lowest BCUT2D eigenvalue weighted by molar-refractivity contribution is -0.396. The monoisotopic (exact) mass is 173 g/mol. The first-order valence-electron chi connectivity index (χ1n) is 4.82. The summed E-state index contributed by atoms with van der Waals surface area (Å²) in [6.45, 7) is 8.02. The Bertz CT molecular complexity index is 329. The van der Waals surface area contributed by atoms with Gasteiger partial charge < -0.3 is 4.58 Å². The van der Waals surface area contributed by atoms with Crippen LogP contribution in [0.25, 0.3) is 0 Å². The minimum Gasteiger partial charge on any atom is -0.301 e. The van der Waals surface area contributed by atoms with Gasteiger partial charge in [0, 0.05) is 0 Å². The number of hydrogen-bond donors (Lipinski definition) is 0. The first-order chi connectivity index (χ1) is 6.31. The molecule has 13 heavy (non-hydrogen) atoms. The highest BCUT2D eigenvalue weighted by atomic mass is 14.9. The normalized spacial score (nSPS) is 24.7. The van der Waals surface area contributed by atoms with Crippen molar-refractivity contribution in [1.29, 1.82) is 0 Å². The van der Waals surface area contributed by atoms with Crippen molar-refractivity contribution >= 4 is 6.72 Å². The van der Waals surface area contributed by atoms with Gasteiger partial charge in [-0.05, 0) is 26.2 Å². The second-order valence-electron chi connectivity index (χ2n) is 3.57. The van der Waals surface area contributed by atoms with E-state index in [4.69, 9.17) is 0 Å². The topological polar surface area (TPSA) is 3.01 Å². The molecule has 1 heteroatoms. The Balaban J connectivity index is 2.36. The molecule has 0 atom stereocenters. The van der Waals surface area contributed by atoms with E-state index in [0.29, 0.717) is 0 Å². The van der Waals surface area contributed by atoms with Crippen molar-refractivity contribution in [2.45, 2.75) is 26.2 Å². The zero-order valence-electron chi connectivity index (χ0n) is 8.09. The third kappa shape index (κ3) is 1.46. The highest BCUT2D eigenvalue weighted by Gasteiger charge is 2.15. The van der Waals surface area contributed by atoms with E-state index in [9.17, 15) is 0 Å². The lowest BCUT2D eigenvalue weighted by Crippen LogP contribution is -2.11. The summed E-state index contributed by atoms with van der Waals surface area (Å²) in [5.41, 5.74) is 4.35. The minimum absolute atomic E-state index is 1.20. The van der Waals surface area contributed by atoms with Gasteiger partial charge in [0.2, 0.25) is 0 Å². The van der Waals surface area contributed by atoms with Crippen molar-refractivity contribution in [3.8, 4) is 0 Å². The molecule has 0 aromatic rings. The van der Waals surface area contributed by atoms with E-state index in [2.05, 4.69) is 32.0 Å². The maximum atomic E-state index is 3.88. The van der Waals surface area contributed by atoms with Crippen molar-refractivity contribution in [3.05, 3.63) is 41.6 Å². The van der Waals surface area contributed by atoms with Crippen LogP contribution in [0.1, 0.15) is 26.2 Å². The summed E-state index contributed by atoms with van der Waals surface area (Å²) in [4.78, 5) is 0. The van der Waals surface area contributed by atoms with E-state index in [1.165, 1.54) is 36.0 Å². The van der Waals surface area contributed by atoms with Gasteiger partial charge in [-0.2, -0.15) is 0 Å². The Hall–Kier alpha value is -1.24. The highest BCUT2D eigenvalue weighted by Crippen LogP contribution is 2.35. The molecule has 2 rings (SSSR count). The van der Waals surface area contributed by atoms with Gasteiger partial charge in [-0.3, -0.25) is 0 Å². The molecule has 1 aliphatic carbocycles. The smallest absolute Gasteiger partial charge is 0.0903 e. The van der Waals surface area contributed by atoms with Crippen LogP contribution in [0.2, 0.25) is 0 Å². The van der Waals surface area contributed by atoms with E-state index >= 15 is 0 Å². The Kier molecular flexibility index (Phi) is 2.09. The lowest BCUT2D eigenvalue weighted by atomic mass is 9.84. The molecule has 0 saturated heterocycles. The second-order valence-corrected chi connectivity index (χ2v) is 3.57. The standard InChI is InChI=1S/C12H15N/c1-3-10-5-4-6-11-9-13(2)8-7-12(10)11/h3,7-9H,2,4-6H2,1H3/b10-3+. The third-order valence-corrected chi connectivity index (χ3v) is 2.69. The lowest BCUT2D eigenvalue weighted by Gasteiger charge is -2.27. The van der Waals surface area contributed by atoms with Crippen LogP contribution in [-0.2, 0) is 0 Å². The predicted molar refractivity (Wildman–Crippen MR) is 55.5 cm³/mol. The fraction of sp³-hybridized carbons (Fsp3) is 0.333. The molecule has 0 aromatic heterocycles. The van der Waals surface area contributed by atoms with Gasteiger partial charge in [0.15, 0.2) is 0 Å². The van der Waals surface area contributed by atoms with Crippen molar-refractivity contribution in [3.63, 3.8) is 0 Å². The zero-order valence-corrected chi connectivity index (χ0v) is 8.09. The summed E-state index contributed by atoms with van der Waals surface area (Å²) in [5, 5.41) is 0. The van der Waals surface area contributed by atoms with Crippen molar-refractivity contribution < 1.29 is 4.58 Å². The molecule has 0 unspecified atom stereocenters. The molecule has 68 valence electrons. The second kappa shape index (κ2) is 3.25. The number of fused-ring (bicyclic) bond motifs is 1. The average molecular weight is 173 g/mol. The summed E-state index contributed by atoms with van der Waals surface area (Å²) >= 11 is 0. The molecule has 1 heterocycles. The van der Waals surface area contributed by atoms with Gasteiger partial charge >= 0.3 is 0 Å².